The summed E-state index contributed by atoms with van der Waals surface area (Å²) in [6, 6.07) is 12.3. The highest BCUT2D eigenvalue weighted by Gasteiger charge is 2.51. The van der Waals surface area contributed by atoms with Crippen molar-refractivity contribution in [2.45, 2.75) is 69.7 Å². The van der Waals surface area contributed by atoms with Crippen LogP contribution in [0.15, 0.2) is 54.9 Å². The molecule has 2 amide bonds. The number of benzene rings is 1. The number of aryl methyl sites for hydroxylation is 1. The Morgan fingerprint density at radius 3 is 2.46 bits per heavy atom. The molecule has 2 aromatic heterocycles. The number of nitrogens with one attached hydrogen (secondary N) is 2. The maximum absolute atomic E-state index is 13.9. The summed E-state index contributed by atoms with van der Waals surface area (Å²) in [5.41, 5.74) is 2.78. The largest absolute Gasteiger partial charge is 0.338 e. The Bertz CT molecular complexity index is 1260. The van der Waals surface area contributed by atoms with Gasteiger partial charge in [-0.3, -0.25) is 19.3 Å². The highest BCUT2D eigenvalue weighted by atomic mass is 35.5. The van der Waals surface area contributed by atoms with E-state index in [1.54, 1.807) is 25.5 Å². The lowest BCUT2D eigenvalue weighted by Gasteiger charge is -2.33. The average Bonchev–Trinajstić information content (AvgIpc) is 3.50. The van der Waals surface area contributed by atoms with Gasteiger partial charge in [-0.2, -0.15) is 5.10 Å². The van der Waals surface area contributed by atoms with Gasteiger partial charge in [0.1, 0.15) is 11.7 Å². The van der Waals surface area contributed by atoms with Gasteiger partial charge < -0.3 is 10.6 Å². The van der Waals surface area contributed by atoms with Crippen LogP contribution in [0.4, 0.5) is 5.69 Å². The molecule has 2 aliphatic carbocycles. The number of carbonyl (C=O) groups is 2. The maximum Gasteiger partial charge on any atom is 0.270 e. The third kappa shape index (κ3) is 5.57. The molecule has 2 saturated carbocycles. The minimum atomic E-state index is -0.840. The van der Waals surface area contributed by atoms with Crippen LogP contribution in [0.1, 0.15) is 85.5 Å². The number of pyridine rings is 1. The summed E-state index contributed by atoms with van der Waals surface area (Å²) < 4.78 is 1.50. The molecule has 1 aromatic carbocycles. The van der Waals surface area contributed by atoms with Gasteiger partial charge in [0.2, 0.25) is 5.91 Å². The van der Waals surface area contributed by atoms with E-state index in [1.165, 1.54) is 36.8 Å². The van der Waals surface area contributed by atoms with Gasteiger partial charge in [0.15, 0.2) is 0 Å². The number of hydrogen-bond acceptors (Lipinski definition) is 4. The summed E-state index contributed by atoms with van der Waals surface area (Å²) in [5, 5.41) is 10.7. The molecule has 3 aromatic rings. The Balaban J connectivity index is 1.43. The summed E-state index contributed by atoms with van der Waals surface area (Å²) in [6.45, 7) is 2.15. The Hall–Kier alpha value is -3.19. The number of nitrogens with zero attached hydrogens (tertiary/aromatic N) is 3. The van der Waals surface area contributed by atoms with Gasteiger partial charge in [-0.1, -0.05) is 56.0 Å². The number of carbonyl (C=O) groups excluding carboxylic acids is 2. The molecular formula is C29H34ClN5O2. The number of halogens is 1. The van der Waals surface area contributed by atoms with Crippen molar-refractivity contribution in [2.24, 2.45) is 12.5 Å². The molecule has 0 radical (unpaired) electrons. The van der Waals surface area contributed by atoms with Crippen molar-refractivity contribution in [3.05, 3.63) is 76.8 Å². The fourth-order valence-corrected chi connectivity index (χ4v) is 5.90. The third-order valence-electron chi connectivity index (χ3n) is 8.06. The average molecular weight is 520 g/mol. The number of anilines is 1. The number of rotatable bonds is 8. The molecule has 2 N–H and O–H groups in total. The lowest BCUT2D eigenvalue weighted by Crippen LogP contribution is -2.50. The Morgan fingerprint density at radius 2 is 1.84 bits per heavy atom. The second kappa shape index (κ2) is 10.7. The molecule has 194 valence electrons. The normalized spacial score (nSPS) is 18.6. The Labute approximate surface area is 223 Å². The van der Waals surface area contributed by atoms with E-state index < -0.39 is 6.04 Å². The smallest absolute Gasteiger partial charge is 0.270 e. The molecule has 37 heavy (non-hydrogen) atoms. The van der Waals surface area contributed by atoms with Crippen LogP contribution >= 0.6 is 11.6 Å². The van der Waals surface area contributed by atoms with E-state index in [0.717, 1.165) is 24.1 Å². The zero-order valence-corrected chi connectivity index (χ0v) is 22.2. The second-order valence-corrected chi connectivity index (χ2v) is 11.1. The quantitative estimate of drug-likeness (QED) is 0.391. The summed E-state index contributed by atoms with van der Waals surface area (Å²) in [6.07, 6.45) is 11.3. The minimum Gasteiger partial charge on any atom is -0.338 e. The van der Waals surface area contributed by atoms with E-state index in [1.807, 2.05) is 36.4 Å². The zero-order chi connectivity index (χ0) is 26.0. The van der Waals surface area contributed by atoms with E-state index >= 15 is 0 Å². The molecule has 0 spiro atoms. The van der Waals surface area contributed by atoms with Gasteiger partial charge in [0.05, 0.1) is 11.9 Å². The van der Waals surface area contributed by atoms with Crippen molar-refractivity contribution in [1.29, 1.82) is 0 Å². The highest BCUT2D eigenvalue weighted by Crippen LogP contribution is 2.58. The van der Waals surface area contributed by atoms with E-state index in [-0.39, 0.29) is 23.1 Å². The van der Waals surface area contributed by atoms with Crippen molar-refractivity contribution in [3.63, 3.8) is 0 Å². The van der Waals surface area contributed by atoms with Gasteiger partial charge in [-0.05, 0) is 60.9 Å². The first-order valence-electron chi connectivity index (χ1n) is 13.2. The van der Waals surface area contributed by atoms with Crippen LogP contribution in [0.2, 0.25) is 5.02 Å². The molecule has 5 rings (SSSR count). The first-order chi connectivity index (χ1) is 17.9. The monoisotopic (exact) mass is 519 g/mol. The summed E-state index contributed by atoms with van der Waals surface area (Å²) >= 11 is 6.65. The van der Waals surface area contributed by atoms with E-state index in [9.17, 15) is 9.59 Å². The van der Waals surface area contributed by atoms with Crippen LogP contribution < -0.4 is 10.6 Å². The summed E-state index contributed by atoms with van der Waals surface area (Å²) in [5.74, 6) is -0.454. The first-order valence-corrected chi connectivity index (χ1v) is 13.5. The number of hydrogen-bond donors (Lipinski definition) is 2. The SMILES string of the molecule is Cn1nccc1C(=O)N[C@H](C(=O)Nc1ccc(C2CCCCC2)nc1)[C@H](c1ccccc1Cl)C1(C)CC1. The molecule has 2 atom stereocenters. The molecular weight excluding hydrogens is 486 g/mol. The Kier molecular flexibility index (Phi) is 7.33. The van der Waals surface area contributed by atoms with Gasteiger partial charge in [0.25, 0.3) is 5.91 Å². The highest BCUT2D eigenvalue weighted by molar-refractivity contribution is 6.31. The second-order valence-electron chi connectivity index (χ2n) is 10.7. The minimum absolute atomic E-state index is 0.157. The fraction of sp³-hybridized carbons (Fsp3) is 0.448. The van der Waals surface area contributed by atoms with E-state index in [4.69, 9.17) is 11.6 Å². The molecule has 7 nitrogen and oxygen atoms in total. The lowest BCUT2D eigenvalue weighted by molar-refractivity contribution is -0.119. The maximum atomic E-state index is 13.9. The van der Waals surface area contributed by atoms with Crippen LogP contribution in [0.3, 0.4) is 0 Å². The van der Waals surface area contributed by atoms with Crippen LogP contribution in [-0.2, 0) is 11.8 Å². The Morgan fingerprint density at radius 1 is 1.08 bits per heavy atom. The molecule has 0 aliphatic heterocycles. The summed E-state index contributed by atoms with van der Waals surface area (Å²) in [4.78, 5) is 31.8. The van der Waals surface area contributed by atoms with E-state index in [2.05, 4.69) is 27.6 Å². The van der Waals surface area contributed by atoms with Crippen LogP contribution in [0, 0.1) is 5.41 Å². The van der Waals surface area contributed by atoms with Crippen molar-refractivity contribution in [3.8, 4) is 0 Å². The predicted octanol–water partition coefficient (Wildman–Crippen LogP) is 5.84. The predicted molar refractivity (Wildman–Crippen MR) is 145 cm³/mol. The van der Waals surface area contributed by atoms with Gasteiger partial charge >= 0.3 is 0 Å². The van der Waals surface area contributed by atoms with Crippen molar-refractivity contribution >= 4 is 29.1 Å². The van der Waals surface area contributed by atoms with Crippen LogP contribution in [0.25, 0.3) is 0 Å². The van der Waals surface area contributed by atoms with Gasteiger partial charge in [-0.15, -0.1) is 0 Å². The van der Waals surface area contributed by atoms with Crippen molar-refractivity contribution in [1.82, 2.24) is 20.1 Å². The number of aromatic nitrogens is 3. The molecule has 8 heteroatoms. The summed E-state index contributed by atoms with van der Waals surface area (Å²) in [7, 11) is 1.71. The fourth-order valence-electron chi connectivity index (χ4n) is 5.64. The molecule has 2 heterocycles. The van der Waals surface area contributed by atoms with Crippen molar-refractivity contribution in [2.75, 3.05) is 5.32 Å². The van der Waals surface area contributed by atoms with E-state index in [0.29, 0.717) is 22.3 Å². The zero-order valence-electron chi connectivity index (χ0n) is 21.4. The van der Waals surface area contributed by atoms with Crippen LogP contribution in [-0.4, -0.2) is 32.6 Å². The molecule has 0 bridgehead atoms. The van der Waals surface area contributed by atoms with Crippen LogP contribution in [0.5, 0.6) is 0 Å². The van der Waals surface area contributed by atoms with Gasteiger partial charge in [0, 0.05) is 35.8 Å². The molecule has 0 unspecified atom stereocenters. The lowest BCUT2D eigenvalue weighted by atomic mass is 9.78. The molecule has 2 fully saturated rings. The standard InChI is InChI=1S/C29H34ClN5O2/c1-29(15-16-29)25(21-10-6-7-11-22(21)30)26(34-27(36)24-14-17-32-35(24)2)28(37)33-20-12-13-23(31-18-20)19-8-4-3-5-9-19/h6-7,10-14,17-19,25-26H,3-5,8-9,15-16H2,1-2H3,(H,33,37)(H,34,36)/t25-,26-/m0/s1. The molecule has 2 aliphatic rings. The number of amides is 2. The topological polar surface area (TPSA) is 88.9 Å². The first kappa shape index (κ1) is 25.5. The van der Waals surface area contributed by atoms with Crippen molar-refractivity contribution < 1.29 is 9.59 Å². The van der Waals surface area contributed by atoms with Gasteiger partial charge in [-0.25, -0.2) is 0 Å². The molecule has 0 saturated heterocycles. The third-order valence-corrected chi connectivity index (χ3v) is 8.41.